The molecule has 3 rings (SSSR count). The van der Waals surface area contributed by atoms with Crippen LogP contribution in [0.1, 0.15) is 32.1 Å². The first-order valence-corrected chi connectivity index (χ1v) is 6.42. The average molecular weight is 220 g/mol. The lowest BCUT2D eigenvalue weighted by Gasteiger charge is -2.43. The van der Waals surface area contributed by atoms with Crippen molar-refractivity contribution in [1.82, 2.24) is 4.90 Å². The number of likely N-dealkylation sites (tertiary alicyclic amines) is 1. The van der Waals surface area contributed by atoms with E-state index >= 15 is 0 Å². The molecule has 16 heavy (non-hydrogen) atoms. The van der Waals surface area contributed by atoms with Gasteiger partial charge in [-0.05, 0) is 44.6 Å². The molecule has 0 spiro atoms. The van der Waals surface area contributed by atoms with Crippen molar-refractivity contribution in [3.05, 3.63) is 0 Å². The lowest BCUT2D eigenvalue weighted by molar-refractivity contribution is -0.0714. The van der Waals surface area contributed by atoms with Crippen molar-refractivity contribution in [2.45, 2.75) is 37.7 Å². The zero-order chi connectivity index (χ0) is 11.4. The Bertz CT molecular complexity index is 350. The minimum absolute atomic E-state index is 0.430. The highest BCUT2D eigenvalue weighted by Gasteiger charge is 2.63. The first-order valence-electron chi connectivity index (χ1n) is 6.42. The molecule has 0 radical (unpaired) electrons. The van der Waals surface area contributed by atoms with Gasteiger partial charge in [0.25, 0.3) is 0 Å². The highest BCUT2D eigenvalue weighted by Crippen LogP contribution is 2.61. The van der Waals surface area contributed by atoms with Gasteiger partial charge in [-0.25, -0.2) is 0 Å². The first kappa shape index (κ1) is 10.6. The van der Waals surface area contributed by atoms with Gasteiger partial charge in [0.1, 0.15) is 0 Å². The maximum Gasteiger partial charge on any atom is 0.0974 e. The molecule has 3 aliphatic rings. The molecular weight excluding hydrogens is 200 g/mol. The number of hydrogen-bond acceptors (Lipinski definition) is 3. The summed E-state index contributed by atoms with van der Waals surface area (Å²) >= 11 is 0. The molecule has 0 aromatic carbocycles. The summed E-state index contributed by atoms with van der Waals surface area (Å²) in [5.41, 5.74) is -1.17. The maximum absolute atomic E-state index is 10.9. The van der Waals surface area contributed by atoms with Crippen molar-refractivity contribution >= 4 is 0 Å². The van der Waals surface area contributed by atoms with Gasteiger partial charge in [-0.15, -0.1) is 0 Å². The second-order valence-electron chi connectivity index (χ2n) is 6.18. The van der Waals surface area contributed by atoms with Gasteiger partial charge < -0.3 is 10.0 Å². The quantitative estimate of drug-likeness (QED) is 0.726. The van der Waals surface area contributed by atoms with Crippen LogP contribution < -0.4 is 0 Å². The van der Waals surface area contributed by atoms with E-state index in [-0.39, 0.29) is 0 Å². The van der Waals surface area contributed by atoms with Crippen LogP contribution in [0.25, 0.3) is 0 Å². The Morgan fingerprint density at radius 1 is 1.44 bits per heavy atom. The van der Waals surface area contributed by atoms with Gasteiger partial charge in [-0.1, -0.05) is 6.42 Å². The number of hydrogen-bond donors (Lipinski definition) is 1. The van der Waals surface area contributed by atoms with Gasteiger partial charge in [0, 0.05) is 13.1 Å². The Labute approximate surface area is 97.0 Å². The second-order valence-corrected chi connectivity index (χ2v) is 6.18. The molecule has 1 aliphatic heterocycles. The van der Waals surface area contributed by atoms with Crippen LogP contribution in [0.15, 0.2) is 0 Å². The fourth-order valence-corrected chi connectivity index (χ4v) is 4.49. The van der Waals surface area contributed by atoms with E-state index in [9.17, 15) is 10.4 Å². The highest BCUT2D eigenvalue weighted by molar-refractivity contribution is 5.22. The predicted molar refractivity (Wildman–Crippen MR) is 60.6 cm³/mol. The Hall–Kier alpha value is -0.590. The smallest absolute Gasteiger partial charge is 0.0974 e. The number of fused-ring (bicyclic) bond motifs is 2. The largest absolute Gasteiger partial charge is 0.387 e. The fraction of sp³-hybridized carbons (Fsp3) is 0.923. The third-order valence-electron chi connectivity index (χ3n) is 5.32. The number of nitriles is 1. The third kappa shape index (κ3) is 1.15. The van der Waals surface area contributed by atoms with Crippen LogP contribution >= 0.6 is 0 Å². The maximum atomic E-state index is 10.9. The molecule has 3 nitrogen and oxygen atoms in total. The molecule has 0 aromatic heterocycles. The van der Waals surface area contributed by atoms with E-state index in [0.717, 1.165) is 25.8 Å². The lowest BCUT2D eigenvalue weighted by Crippen LogP contribution is -2.52. The summed E-state index contributed by atoms with van der Waals surface area (Å²) in [5, 5.41) is 20.5. The first-order chi connectivity index (χ1) is 7.60. The molecule has 3 heteroatoms. The number of aliphatic hydroxyl groups is 1. The van der Waals surface area contributed by atoms with Gasteiger partial charge >= 0.3 is 0 Å². The van der Waals surface area contributed by atoms with Crippen molar-refractivity contribution in [2.75, 3.05) is 20.1 Å². The van der Waals surface area contributed by atoms with Gasteiger partial charge in [-0.2, -0.15) is 5.26 Å². The Morgan fingerprint density at radius 3 is 2.69 bits per heavy atom. The summed E-state index contributed by atoms with van der Waals surface area (Å²) in [6, 6.07) is 2.54. The number of likely N-dealkylation sites (N-methyl/N-ethyl adjacent to an activating group) is 1. The van der Waals surface area contributed by atoms with Crippen LogP contribution in [-0.2, 0) is 0 Å². The Kier molecular flexibility index (Phi) is 2.12. The molecule has 0 aromatic rings. The Balaban J connectivity index is 1.95. The normalized spacial score (nSPS) is 52.1. The zero-order valence-corrected chi connectivity index (χ0v) is 9.95. The van der Waals surface area contributed by atoms with E-state index in [0.29, 0.717) is 18.4 Å². The monoisotopic (exact) mass is 220 g/mol. The highest BCUT2D eigenvalue weighted by atomic mass is 16.3. The van der Waals surface area contributed by atoms with Gasteiger partial charge in [0.05, 0.1) is 17.1 Å². The Morgan fingerprint density at radius 2 is 2.25 bits per heavy atom. The average Bonchev–Trinajstić information content (AvgIpc) is 2.93. The van der Waals surface area contributed by atoms with Crippen LogP contribution in [0.3, 0.4) is 0 Å². The minimum atomic E-state index is -0.740. The summed E-state index contributed by atoms with van der Waals surface area (Å²) in [5.74, 6) is 1.17. The molecule has 3 fully saturated rings. The number of nitrogens with zero attached hydrogens (tertiary/aromatic N) is 2. The summed E-state index contributed by atoms with van der Waals surface area (Å²) in [4.78, 5) is 2.16. The van der Waals surface area contributed by atoms with Crippen molar-refractivity contribution in [3.8, 4) is 6.07 Å². The number of β-amino-alcohol motifs (C(OH)–C–C–N with tert-alkyl or cyclic N) is 1. The molecule has 88 valence electrons. The minimum Gasteiger partial charge on any atom is -0.387 e. The summed E-state index contributed by atoms with van der Waals surface area (Å²) in [6.45, 7) is 1.61. The fourth-order valence-electron chi connectivity index (χ4n) is 4.49. The van der Waals surface area contributed by atoms with Crippen LogP contribution in [0.4, 0.5) is 0 Å². The van der Waals surface area contributed by atoms with E-state index in [1.165, 1.54) is 12.8 Å². The van der Waals surface area contributed by atoms with Crippen LogP contribution in [0.5, 0.6) is 0 Å². The van der Waals surface area contributed by atoms with Gasteiger partial charge in [-0.3, -0.25) is 0 Å². The van der Waals surface area contributed by atoms with E-state index < -0.39 is 11.0 Å². The van der Waals surface area contributed by atoms with Gasteiger partial charge in [0.15, 0.2) is 0 Å². The number of rotatable bonds is 1. The van der Waals surface area contributed by atoms with Crippen molar-refractivity contribution in [3.63, 3.8) is 0 Å². The van der Waals surface area contributed by atoms with E-state index in [2.05, 4.69) is 11.0 Å². The van der Waals surface area contributed by atoms with Crippen LogP contribution in [0, 0.1) is 28.6 Å². The van der Waals surface area contributed by atoms with E-state index in [1.54, 1.807) is 0 Å². The van der Waals surface area contributed by atoms with Crippen LogP contribution in [-0.4, -0.2) is 35.7 Å². The van der Waals surface area contributed by atoms with E-state index in [1.807, 2.05) is 7.05 Å². The molecule has 0 amide bonds. The molecule has 4 unspecified atom stereocenters. The van der Waals surface area contributed by atoms with Gasteiger partial charge in [0.2, 0.25) is 0 Å². The van der Waals surface area contributed by atoms with Crippen molar-refractivity contribution < 1.29 is 5.11 Å². The second kappa shape index (κ2) is 3.21. The summed E-state index contributed by atoms with van der Waals surface area (Å²) in [6.07, 6.45) is 5.34. The topological polar surface area (TPSA) is 47.3 Å². The van der Waals surface area contributed by atoms with Crippen LogP contribution in [0.2, 0.25) is 0 Å². The van der Waals surface area contributed by atoms with E-state index in [4.69, 9.17) is 0 Å². The predicted octanol–water partition coefficient (Wildman–Crippen LogP) is 1.38. The van der Waals surface area contributed by atoms with Crippen molar-refractivity contribution in [1.29, 1.82) is 5.26 Å². The molecule has 4 atom stereocenters. The molecular formula is C13H20N2O. The molecule has 2 saturated carbocycles. The molecule has 2 aliphatic carbocycles. The molecule has 2 bridgehead atoms. The summed E-state index contributed by atoms with van der Waals surface area (Å²) < 4.78 is 0. The standard InChI is InChI=1S/C13H20N2O/c1-15-5-4-13(16,9-15)12(8-14)7-10-2-3-11(12)6-10/h10-11,16H,2-7,9H2,1H3. The summed E-state index contributed by atoms with van der Waals surface area (Å²) in [7, 11) is 2.04. The molecule has 1 saturated heterocycles. The SMILES string of the molecule is CN1CCC(O)(C2(C#N)CC3CCC2C3)C1. The zero-order valence-electron chi connectivity index (χ0n) is 9.95. The molecule has 1 heterocycles. The third-order valence-corrected chi connectivity index (χ3v) is 5.32. The lowest BCUT2D eigenvalue weighted by atomic mass is 9.62. The van der Waals surface area contributed by atoms with Crippen molar-refractivity contribution in [2.24, 2.45) is 17.3 Å². The molecule has 1 N–H and O–H groups in total.